The van der Waals surface area contributed by atoms with Crippen molar-refractivity contribution < 1.29 is 9.84 Å². The van der Waals surface area contributed by atoms with Crippen LogP contribution in [-0.4, -0.2) is 24.9 Å². The molecule has 0 saturated carbocycles. The molecule has 0 saturated heterocycles. The molecule has 0 rings (SSSR count). The normalized spacial score (nSPS) is 10.5. The number of ether oxygens (including phenoxy) is 1. The van der Waals surface area contributed by atoms with Crippen molar-refractivity contribution in [3.8, 4) is 11.8 Å². The van der Waals surface area contributed by atoms with Gasteiger partial charge in [0.05, 0.1) is 6.61 Å². The maximum Gasteiger partial charge on any atom is 0.108 e. The molecule has 0 bridgehead atoms. The Morgan fingerprint density at radius 3 is 2.83 bits per heavy atom. The zero-order valence-corrected chi connectivity index (χ0v) is 7.29. The van der Waals surface area contributed by atoms with Crippen LogP contribution in [0, 0.1) is 11.8 Å². The summed E-state index contributed by atoms with van der Waals surface area (Å²) < 4.78 is 5.08. The highest BCUT2D eigenvalue weighted by atomic mass is 16.5. The maximum atomic E-state index is 8.29. The van der Waals surface area contributed by atoms with E-state index in [0.717, 1.165) is 0 Å². The van der Waals surface area contributed by atoms with Crippen molar-refractivity contribution in [2.45, 2.75) is 6.92 Å². The Kier molecular flexibility index (Phi) is 9.10. The third-order valence-corrected chi connectivity index (χ3v) is 1.03. The van der Waals surface area contributed by atoms with Gasteiger partial charge in [0.15, 0.2) is 0 Å². The molecule has 66 valence electrons. The predicted octanol–water partition coefficient (Wildman–Crippen LogP) is 1.13. The van der Waals surface area contributed by atoms with Crippen molar-refractivity contribution in [1.82, 2.24) is 0 Å². The molecule has 0 aliphatic rings. The maximum absolute atomic E-state index is 8.29. The lowest BCUT2D eigenvalue weighted by Gasteiger charge is -1.90. The van der Waals surface area contributed by atoms with E-state index >= 15 is 0 Å². The van der Waals surface area contributed by atoms with Gasteiger partial charge in [-0.3, -0.25) is 0 Å². The van der Waals surface area contributed by atoms with Crippen LogP contribution in [0.5, 0.6) is 0 Å². The Bertz CT molecular complexity index is 194. The fourth-order valence-corrected chi connectivity index (χ4v) is 0.530. The SMILES string of the molecule is C/C=C/C=C/COCC#CCO. The van der Waals surface area contributed by atoms with Crippen molar-refractivity contribution in [1.29, 1.82) is 0 Å². The zero-order chi connectivity index (χ0) is 9.07. The third kappa shape index (κ3) is 8.96. The summed E-state index contributed by atoms with van der Waals surface area (Å²) in [6, 6.07) is 0. The van der Waals surface area contributed by atoms with Crippen molar-refractivity contribution >= 4 is 0 Å². The van der Waals surface area contributed by atoms with E-state index in [2.05, 4.69) is 11.8 Å². The first-order valence-electron chi connectivity index (χ1n) is 3.84. The second-order valence-electron chi connectivity index (χ2n) is 1.98. The van der Waals surface area contributed by atoms with E-state index in [9.17, 15) is 0 Å². The van der Waals surface area contributed by atoms with Crippen LogP contribution >= 0.6 is 0 Å². The Balaban J connectivity index is 3.21. The fourth-order valence-electron chi connectivity index (χ4n) is 0.530. The van der Waals surface area contributed by atoms with E-state index in [-0.39, 0.29) is 6.61 Å². The summed E-state index contributed by atoms with van der Waals surface area (Å²) in [5.74, 6) is 5.14. The van der Waals surface area contributed by atoms with Crippen LogP contribution in [0.25, 0.3) is 0 Å². The summed E-state index contributed by atoms with van der Waals surface area (Å²) in [7, 11) is 0. The molecule has 0 unspecified atom stereocenters. The standard InChI is InChI=1S/C10H14O2/c1-2-3-4-6-9-12-10-7-5-8-11/h2-4,6,11H,8-10H2,1H3/b3-2+,6-4+. The topological polar surface area (TPSA) is 29.5 Å². The summed E-state index contributed by atoms with van der Waals surface area (Å²) in [6.07, 6.45) is 7.70. The quantitative estimate of drug-likeness (QED) is 0.385. The Morgan fingerprint density at radius 1 is 1.33 bits per heavy atom. The molecule has 0 radical (unpaired) electrons. The molecule has 0 heterocycles. The van der Waals surface area contributed by atoms with Gasteiger partial charge in [0, 0.05) is 0 Å². The highest BCUT2D eigenvalue weighted by molar-refractivity contribution is 5.02. The predicted molar refractivity (Wildman–Crippen MR) is 49.6 cm³/mol. The molecule has 2 nitrogen and oxygen atoms in total. The Labute approximate surface area is 73.6 Å². The molecule has 0 aromatic rings. The van der Waals surface area contributed by atoms with Gasteiger partial charge in [0.2, 0.25) is 0 Å². The highest BCUT2D eigenvalue weighted by Crippen LogP contribution is 1.79. The van der Waals surface area contributed by atoms with Crippen LogP contribution < -0.4 is 0 Å². The number of aliphatic hydroxyl groups excluding tert-OH is 1. The summed E-state index contributed by atoms with van der Waals surface area (Å²) in [6.45, 7) is 2.79. The molecule has 0 atom stereocenters. The molecule has 12 heavy (non-hydrogen) atoms. The smallest absolute Gasteiger partial charge is 0.108 e. The minimum absolute atomic E-state index is 0.0994. The van der Waals surface area contributed by atoms with Crippen LogP contribution in [0.3, 0.4) is 0 Å². The van der Waals surface area contributed by atoms with E-state index in [1.807, 2.05) is 31.2 Å². The number of hydrogen-bond acceptors (Lipinski definition) is 2. The molecule has 0 aromatic heterocycles. The van der Waals surface area contributed by atoms with Gasteiger partial charge in [-0.1, -0.05) is 36.1 Å². The van der Waals surface area contributed by atoms with Crippen molar-refractivity contribution in [2.24, 2.45) is 0 Å². The molecule has 0 fully saturated rings. The van der Waals surface area contributed by atoms with Crippen molar-refractivity contribution in [3.05, 3.63) is 24.3 Å². The summed E-state index contributed by atoms with van der Waals surface area (Å²) in [4.78, 5) is 0. The lowest BCUT2D eigenvalue weighted by atomic mass is 10.4. The van der Waals surface area contributed by atoms with E-state index in [1.165, 1.54) is 0 Å². The minimum Gasteiger partial charge on any atom is -0.384 e. The zero-order valence-electron chi connectivity index (χ0n) is 7.29. The van der Waals surface area contributed by atoms with Crippen LogP contribution in [-0.2, 0) is 4.74 Å². The fraction of sp³-hybridized carbons (Fsp3) is 0.400. The molecular formula is C10H14O2. The number of hydrogen-bond donors (Lipinski definition) is 1. The van der Waals surface area contributed by atoms with Crippen molar-refractivity contribution in [2.75, 3.05) is 19.8 Å². The molecular weight excluding hydrogens is 152 g/mol. The van der Waals surface area contributed by atoms with Gasteiger partial charge in [0.1, 0.15) is 13.2 Å². The second kappa shape index (κ2) is 9.96. The molecule has 0 aliphatic carbocycles. The Hall–Kier alpha value is -1.04. The number of rotatable bonds is 4. The van der Waals surface area contributed by atoms with Crippen LogP contribution in [0.15, 0.2) is 24.3 Å². The average molecular weight is 166 g/mol. The molecule has 0 aromatic carbocycles. The molecule has 0 spiro atoms. The second-order valence-corrected chi connectivity index (χ2v) is 1.98. The third-order valence-electron chi connectivity index (χ3n) is 1.03. The van der Waals surface area contributed by atoms with Gasteiger partial charge in [-0.25, -0.2) is 0 Å². The molecule has 1 N–H and O–H groups in total. The first-order valence-corrected chi connectivity index (χ1v) is 3.84. The summed E-state index contributed by atoms with van der Waals surface area (Å²) in [5, 5.41) is 8.29. The van der Waals surface area contributed by atoms with Gasteiger partial charge in [-0.15, -0.1) is 0 Å². The van der Waals surface area contributed by atoms with E-state index in [0.29, 0.717) is 13.2 Å². The lowest BCUT2D eigenvalue weighted by Crippen LogP contribution is -1.90. The van der Waals surface area contributed by atoms with Crippen molar-refractivity contribution in [3.63, 3.8) is 0 Å². The highest BCUT2D eigenvalue weighted by Gasteiger charge is 1.75. The monoisotopic (exact) mass is 166 g/mol. The van der Waals surface area contributed by atoms with E-state index in [4.69, 9.17) is 9.84 Å². The number of aliphatic hydroxyl groups is 1. The van der Waals surface area contributed by atoms with Gasteiger partial charge >= 0.3 is 0 Å². The largest absolute Gasteiger partial charge is 0.384 e. The molecule has 0 amide bonds. The van der Waals surface area contributed by atoms with E-state index < -0.39 is 0 Å². The van der Waals surface area contributed by atoms with Crippen LogP contribution in [0.2, 0.25) is 0 Å². The van der Waals surface area contributed by atoms with Gasteiger partial charge < -0.3 is 9.84 Å². The van der Waals surface area contributed by atoms with E-state index in [1.54, 1.807) is 0 Å². The number of allylic oxidation sites excluding steroid dienone is 3. The molecule has 0 aliphatic heterocycles. The minimum atomic E-state index is -0.0994. The van der Waals surface area contributed by atoms with Crippen LogP contribution in [0.4, 0.5) is 0 Å². The van der Waals surface area contributed by atoms with Gasteiger partial charge in [0.25, 0.3) is 0 Å². The average Bonchev–Trinajstić information content (AvgIpc) is 2.10. The van der Waals surface area contributed by atoms with Gasteiger partial charge in [-0.2, -0.15) is 0 Å². The lowest BCUT2D eigenvalue weighted by molar-refractivity contribution is 0.199. The molecule has 2 heteroatoms. The summed E-state index contributed by atoms with van der Waals surface area (Å²) in [5.41, 5.74) is 0. The van der Waals surface area contributed by atoms with Crippen LogP contribution in [0.1, 0.15) is 6.92 Å². The Morgan fingerprint density at radius 2 is 2.17 bits per heavy atom. The summed E-state index contributed by atoms with van der Waals surface area (Å²) >= 11 is 0. The first-order chi connectivity index (χ1) is 5.91. The van der Waals surface area contributed by atoms with Gasteiger partial charge in [-0.05, 0) is 6.92 Å². The first kappa shape index (κ1) is 11.0.